The van der Waals surface area contributed by atoms with Crippen molar-refractivity contribution in [2.24, 2.45) is 5.92 Å². The number of nitriles is 1. The first-order chi connectivity index (χ1) is 15.8. The summed E-state index contributed by atoms with van der Waals surface area (Å²) in [6, 6.07) is 17.2. The van der Waals surface area contributed by atoms with Gasteiger partial charge in [-0.3, -0.25) is 14.6 Å². The summed E-state index contributed by atoms with van der Waals surface area (Å²) in [5.41, 5.74) is 0.473. The van der Waals surface area contributed by atoms with E-state index in [1.165, 1.54) is 17.0 Å². The largest absolute Gasteiger partial charge is 0.416 e. The summed E-state index contributed by atoms with van der Waals surface area (Å²) in [5, 5.41) is 10.6. The van der Waals surface area contributed by atoms with Crippen molar-refractivity contribution < 1.29 is 22.8 Å². The number of fused-ring (bicyclic) bond motifs is 1. The Morgan fingerprint density at radius 3 is 2.30 bits per heavy atom. The lowest BCUT2D eigenvalue weighted by molar-refractivity contribution is -0.137. The maximum Gasteiger partial charge on any atom is 0.416 e. The van der Waals surface area contributed by atoms with Gasteiger partial charge in [0.15, 0.2) is 5.78 Å². The van der Waals surface area contributed by atoms with Gasteiger partial charge in [0.25, 0.3) is 5.91 Å². The molecule has 0 aliphatic carbocycles. The van der Waals surface area contributed by atoms with Gasteiger partial charge in [-0.15, -0.1) is 0 Å². The Kier molecular flexibility index (Phi) is 6.14. The molecule has 1 aliphatic rings. The number of halogens is 3. The number of nitrogens with zero attached hydrogens (tertiary/aromatic N) is 3. The number of aromatic nitrogens is 1. The van der Waals surface area contributed by atoms with Gasteiger partial charge in [0, 0.05) is 30.0 Å². The van der Waals surface area contributed by atoms with E-state index in [0.29, 0.717) is 37.1 Å². The lowest BCUT2D eigenvalue weighted by Crippen LogP contribution is -2.41. The topological polar surface area (TPSA) is 74.1 Å². The minimum atomic E-state index is -4.46. The van der Waals surface area contributed by atoms with Crippen LogP contribution in [0.15, 0.2) is 60.7 Å². The molecule has 1 aliphatic heterocycles. The number of carbonyl (C=O) groups excluding carboxylic acids is 2. The van der Waals surface area contributed by atoms with Crippen LogP contribution in [0.1, 0.15) is 40.4 Å². The second-order valence-corrected chi connectivity index (χ2v) is 8.03. The molecule has 4 rings (SSSR count). The van der Waals surface area contributed by atoms with Gasteiger partial charge < -0.3 is 4.90 Å². The zero-order valence-corrected chi connectivity index (χ0v) is 17.5. The van der Waals surface area contributed by atoms with Crippen molar-refractivity contribution in [3.63, 3.8) is 0 Å². The van der Waals surface area contributed by atoms with Crippen LogP contribution in [-0.2, 0) is 11.0 Å². The molecule has 8 heteroatoms. The van der Waals surface area contributed by atoms with Crippen LogP contribution in [0.3, 0.4) is 0 Å². The number of benzene rings is 2. The Hall–Kier alpha value is -3.73. The summed E-state index contributed by atoms with van der Waals surface area (Å²) in [7, 11) is 0. The number of hydrogen-bond acceptors (Lipinski definition) is 4. The number of piperidine rings is 1. The van der Waals surface area contributed by atoms with Gasteiger partial charge in [0.05, 0.1) is 22.8 Å². The van der Waals surface area contributed by atoms with E-state index in [9.17, 15) is 28.0 Å². The Morgan fingerprint density at radius 1 is 1.00 bits per heavy atom. The normalized spacial score (nSPS) is 15.8. The van der Waals surface area contributed by atoms with Gasteiger partial charge in [-0.1, -0.05) is 24.3 Å². The zero-order chi connectivity index (χ0) is 23.6. The van der Waals surface area contributed by atoms with Crippen LogP contribution in [0.25, 0.3) is 10.9 Å². The molecule has 0 N–H and O–H groups in total. The third-order valence-corrected chi connectivity index (χ3v) is 5.97. The fraction of sp³-hybridized carbons (Fsp3) is 0.280. The van der Waals surface area contributed by atoms with Crippen LogP contribution >= 0.6 is 0 Å². The summed E-state index contributed by atoms with van der Waals surface area (Å²) < 4.78 is 38.2. The van der Waals surface area contributed by atoms with Crippen molar-refractivity contribution in [1.82, 2.24) is 9.88 Å². The molecule has 2 aromatic carbocycles. The van der Waals surface area contributed by atoms with Crippen molar-refractivity contribution in [3.8, 4) is 6.07 Å². The lowest BCUT2D eigenvalue weighted by Gasteiger charge is -2.32. The van der Waals surface area contributed by atoms with E-state index in [2.05, 4.69) is 11.1 Å². The number of alkyl halides is 3. The van der Waals surface area contributed by atoms with Gasteiger partial charge in [0.2, 0.25) is 0 Å². The van der Waals surface area contributed by atoms with Gasteiger partial charge >= 0.3 is 6.18 Å². The molecule has 1 unspecified atom stereocenters. The summed E-state index contributed by atoms with van der Waals surface area (Å²) in [4.78, 5) is 31.8. The van der Waals surface area contributed by atoms with Crippen LogP contribution in [0.2, 0.25) is 0 Å². The third kappa shape index (κ3) is 4.72. The lowest BCUT2D eigenvalue weighted by atomic mass is 9.84. The van der Waals surface area contributed by atoms with E-state index in [1.807, 2.05) is 30.3 Å². The fourth-order valence-electron chi connectivity index (χ4n) is 4.11. The van der Waals surface area contributed by atoms with Crippen molar-refractivity contribution in [2.75, 3.05) is 13.1 Å². The van der Waals surface area contributed by atoms with E-state index >= 15 is 0 Å². The van der Waals surface area contributed by atoms with Crippen LogP contribution in [-0.4, -0.2) is 34.7 Å². The molecule has 1 atom stereocenters. The van der Waals surface area contributed by atoms with Gasteiger partial charge in [-0.05, 0) is 49.2 Å². The van der Waals surface area contributed by atoms with Crippen molar-refractivity contribution in [3.05, 3.63) is 77.5 Å². The van der Waals surface area contributed by atoms with Crippen LogP contribution in [0.5, 0.6) is 0 Å². The highest BCUT2D eigenvalue weighted by molar-refractivity contribution is 5.95. The number of Topliss-reactive ketones (excluding diaryl/α,β-unsaturated/α-hetero) is 1. The molecule has 5 nitrogen and oxygen atoms in total. The van der Waals surface area contributed by atoms with Crippen LogP contribution in [0.4, 0.5) is 13.2 Å². The molecule has 0 bridgehead atoms. The Bertz CT molecular complexity index is 1220. The highest BCUT2D eigenvalue weighted by atomic mass is 19.4. The number of hydrogen-bond donors (Lipinski definition) is 0. The molecular formula is C25H20F3N3O2. The molecule has 1 fully saturated rings. The number of carbonyl (C=O) groups is 2. The minimum Gasteiger partial charge on any atom is -0.339 e. The molecule has 0 saturated carbocycles. The number of rotatable bonds is 4. The number of pyridine rings is 1. The Labute approximate surface area is 188 Å². The highest BCUT2D eigenvalue weighted by Gasteiger charge is 2.34. The predicted molar refractivity (Wildman–Crippen MR) is 115 cm³/mol. The maximum absolute atomic E-state index is 13.1. The second-order valence-electron chi connectivity index (χ2n) is 8.03. The summed E-state index contributed by atoms with van der Waals surface area (Å²) in [6.45, 7) is 0.582. The van der Waals surface area contributed by atoms with Crippen LogP contribution < -0.4 is 0 Å². The van der Waals surface area contributed by atoms with Gasteiger partial charge in [-0.25, -0.2) is 0 Å². The molecule has 1 saturated heterocycles. The average molecular weight is 451 g/mol. The van der Waals surface area contributed by atoms with Crippen molar-refractivity contribution in [2.45, 2.75) is 24.9 Å². The molecular weight excluding hydrogens is 431 g/mol. The fourth-order valence-corrected chi connectivity index (χ4v) is 4.11. The summed E-state index contributed by atoms with van der Waals surface area (Å²) in [6.07, 6.45) is -3.69. The quantitative estimate of drug-likeness (QED) is 0.561. The molecule has 0 radical (unpaired) electrons. The van der Waals surface area contributed by atoms with E-state index < -0.39 is 17.7 Å². The SMILES string of the molecule is N#CC(C(=O)C1CCN(C(=O)c2ccc(C(F)(F)F)cc2)CC1)c1ccc2ccccc2n1. The monoisotopic (exact) mass is 451 g/mol. The average Bonchev–Trinajstić information content (AvgIpc) is 2.83. The first-order valence-corrected chi connectivity index (χ1v) is 10.5. The van der Waals surface area contributed by atoms with E-state index in [0.717, 1.165) is 17.5 Å². The highest BCUT2D eigenvalue weighted by Crippen LogP contribution is 2.30. The predicted octanol–water partition coefficient (Wildman–Crippen LogP) is 4.98. The minimum absolute atomic E-state index is 0.169. The Balaban J connectivity index is 1.41. The first-order valence-electron chi connectivity index (χ1n) is 10.5. The van der Waals surface area contributed by atoms with Gasteiger partial charge in [-0.2, -0.15) is 18.4 Å². The Morgan fingerprint density at radius 2 is 1.67 bits per heavy atom. The van der Waals surface area contributed by atoms with E-state index in [-0.39, 0.29) is 23.2 Å². The number of para-hydroxylation sites is 1. The van der Waals surface area contributed by atoms with Crippen molar-refractivity contribution in [1.29, 1.82) is 5.26 Å². The summed E-state index contributed by atoms with van der Waals surface area (Å²) >= 11 is 0. The zero-order valence-electron chi connectivity index (χ0n) is 17.5. The van der Waals surface area contributed by atoms with Crippen LogP contribution in [0, 0.1) is 17.2 Å². The number of likely N-dealkylation sites (tertiary alicyclic amines) is 1. The first kappa shape index (κ1) is 22.5. The molecule has 2 heterocycles. The second kappa shape index (κ2) is 9.02. The summed E-state index contributed by atoms with van der Waals surface area (Å²) in [5.74, 6) is -1.97. The third-order valence-electron chi connectivity index (χ3n) is 5.97. The molecule has 168 valence electrons. The van der Waals surface area contributed by atoms with E-state index in [1.54, 1.807) is 6.07 Å². The standard InChI is InChI=1S/C25H20F3N3O2/c26-25(27,28)19-8-5-18(6-9-19)24(33)31-13-11-17(12-14-31)23(32)20(15-29)22-10-7-16-3-1-2-4-21(16)30-22/h1-10,17,20H,11-14H2. The van der Waals surface area contributed by atoms with Crippen molar-refractivity contribution >= 4 is 22.6 Å². The molecule has 0 spiro atoms. The van der Waals surface area contributed by atoms with E-state index in [4.69, 9.17) is 0 Å². The molecule has 33 heavy (non-hydrogen) atoms. The molecule has 1 amide bonds. The molecule has 3 aromatic rings. The van der Waals surface area contributed by atoms with Gasteiger partial charge in [0.1, 0.15) is 5.92 Å². The maximum atomic E-state index is 13.1. The number of amides is 1. The smallest absolute Gasteiger partial charge is 0.339 e. The number of ketones is 1. The molecule has 1 aromatic heterocycles.